The summed E-state index contributed by atoms with van der Waals surface area (Å²) in [7, 11) is 0. The number of hydrogen-bond donors (Lipinski definition) is 1. The van der Waals surface area contributed by atoms with Crippen molar-refractivity contribution in [2.75, 3.05) is 5.73 Å². The minimum Gasteiger partial charge on any atom is -0.383 e. The second-order valence-corrected chi connectivity index (χ2v) is 4.92. The predicted octanol–water partition coefficient (Wildman–Crippen LogP) is 3.14. The standard InChI is InChI=1S/C13H15BrN4/c1-3-4-10-11(14)12(15)18-13(17-10)9-6-5-8(2)16-7-9/h5-7H,3-4H2,1-2H3,(H2,15,17,18). The van der Waals surface area contributed by atoms with Crippen LogP contribution >= 0.6 is 15.9 Å². The number of rotatable bonds is 3. The first-order valence-corrected chi connectivity index (χ1v) is 6.66. The van der Waals surface area contributed by atoms with E-state index in [4.69, 9.17) is 5.73 Å². The van der Waals surface area contributed by atoms with Crippen molar-refractivity contribution in [2.45, 2.75) is 26.7 Å². The summed E-state index contributed by atoms with van der Waals surface area (Å²) < 4.78 is 0.799. The Kier molecular flexibility index (Phi) is 3.91. The molecule has 0 aromatic carbocycles. The molecule has 2 heterocycles. The van der Waals surface area contributed by atoms with Gasteiger partial charge < -0.3 is 5.73 Å². The molecular weight excluding hydrogens is 292 g/mol. The zero-order valence-corrected chi connectivity index (χ0v) is 12.0. The van der Waals surface area contributed by atoms with E-state index in [0.29, 0.717) is 11.6 Å². The fraction of sp³-hybridized carbons (Fsp3) is 0.308. The SMILES string of the molecule is CCCc1nc(-c2ccc(C)nc2)nc(N)c1Br. The summed E-state index contributed by atoms with van der Waals surface area (Å²) in [6, 6.07) is 3.90. The highest BCUT2D eigenvalue weighted by Gasteiger charge is 2.11. The van der Waals surface area contributed by atoms with Gasteiger partial charge in [0.2, 0.25) is 0 Å². The van der Waals surface area contributed by atoms with E-state index < -0.39 is 0 Å². The molecule has 0 spiro atoms. The molecule has 0 radical (unpaired) electrons. The van der Waals surface area contributed by atoms with Crippen LogP contribution in [0, 0.1) is 6.92 Å². The maximum atomic E-state index is 5.90. The van der Waals surface area contributed by atoms with Crippen molar-refractivity contribution in [1.82, 2.24) is 15.0 Å². The molecule has 2 rings (SSSR count). The molecule has 0 amide bonds. The van der Waals surface area contributed by atoms with Crippen molar-refractivity contribution in [3.8, 4) is 11.4 Å². The van der Waals surface area contributed by atoms with Crippen molar-refractivity contribution in [3.05, 3.63) is 34.2 Å². The highest BCUT2D eigenvalue weighted by Crippen LogP contribution is 2.25. The Labute approximate surface area is 115 Å². The van der Waals surface area contributed by atoms with Crippen molar-refractivity contribution in [2.24, 2.45) is 0 Å². The molecule has 2 N–H and O–H groups in total. The van der Waals surface area contributed by atoms with Crippen LogP contribution < -0.4 is 5.73 Å². The quantitative estimate of drug-likeness (QED) is 0.946. The number of nitrogens with two attached hydrogens (primary N) is 1. The Morgan fingerprint density at radius 3 is 2.67 bits per heavy atom. The number of nitrogen functional groups attached to an aromatic ring is 1. The molecule has 5 heteroatoms. The minimum absolute atomic E-state index is 0.476. The van der Waals surface area contributed by atoms with E-state index in [1.807, 2.05) is 19.1 Å². The van der Waals surface area contributed by atoms with E-state index in [0.717, 1.165) is 34.3 Å². The van der Waals surface area contributed by atoms with Gasteiger partial charge >= 0.3 is 0 Å². The van der Waals surface area contributed by atoms with Gasteiger partial charge in [-0.25, -0.2) is 9.97 Å². The van der Waals surface area contributed by atoms with Gasteiger partial charge in [-0.1, -0.05) is 13.3 Å². The molecule has 94 valence electrons. The van der Waals surface area contributed by atoms with Gasteiger partial charge in [0, 0.05) is 17.5 Å². The van der Waals surface area contributed by atoms with E-state index >= 15 is 0 Å². The summed E-state index contributed by atoms with van der Waals surface area (Å²) in [4.78, 5) is 13.1. The molecule has 0 saturated heterocycles. The highest BCUT2D eigenvalue weighted by atomic mass is 79.9. The Morgan fingerprint density at radius 1 is 1.28 bits per heavy atom. The molecular formula is C13H15BrN4. The Balaban J connectivity index is 2.48. The van der Waals surface area contributed by atoms with Gasteiger partial charge in [-0.15, -0.1) is 0 Å². The molecule has 0 saturated carbocycles. The van der Waals surface area contributed by atoms with Gasteiger partial charge in [-0.05, 0) is 41.4 Å². The van der Waals surface area contributed by atoms with Gasteiger partial charge in [-0.3, -0.25) is 4.98 Å². The summed E-state index contributed by atoms with van der Waals surface area (Å²) in [5.41, 5.74) is 8.70. The number of hydrogen-bond acceptors (Lipinski definition) is 4. The number of nitrogens with zero attached hydrogens (tertiary/aromatic N) is 3. The van der Waals surface area contributed by atoms with Crippen molar-refractivity contribution < 1.29 is 0 Å². The average Bonchev–Trinajstić information content (AvgIpc) is 2.36. The lowest BCUT2D eigenvalue weighted by molar-refractivity contribution is 0.869. The lowest BCUT2D eigenvalue weighted by Crippen LogP contribution is -2.03. The summed E-state index contributed by atoms with van der Waals surface area (Å²) >= 11 is 3.43. The zero-order valence-electron chi connectivity index (χ0n) is 10.4. The topological polar surface area (TPSA) is 64.7 Å². The smallest absolute Gasteiger partial charge is 0.163 e. The van der Waals surface area contributed by atoms with E-state index in [-0.39, 0.29) is 0 Å². The second-order valence-electron chi connectivity index (χ2n) is 4.13. The first-order valence-electron chi connectivity index (χ1n) is 5.86. The maximum absolute atomic E-state index is 5.90. The minimum atomic E-state index is 0.476. The predicted molar refractivity (Wildman–Crippen MR) is 76.1 cm³/mol. The molecule has 2 aromatic heterocycles. The number of aromatic nitrogens is 3. The third kappa shape index (κ3) is 2.67. The van der Waals surface area contributed by atoms with Crippen LogP contribution in [-0.4, -0.2) is 15.0 Å². The molecule has 18 heavy (non-hydrogen) atoms. The van der Waals surface area contributed by atoms with E-state index in [1.54, 1.807) is 6.20 Å². The normalized spacial score (nSPS) is 10.6. The van der Waals surface area contributed by atoms with Crippen molar-refractivity contribution >= 4 is 21.7 Å². The van der Waals surface area contributed by atoms with Gasteiger partial charge in [0.15, 0.2) is 5.82 Å². The van der Waals surface area contributed by atoms with Crippen LogP contribution in [0.15, 0.2) is 22.8 Å². The first kappa shape index (κ1) is 13.0. The number of pyridine rings is 1. The maximum Gasteiger partial charge on any atom is 0.163 e. The van der Waals surface area contributed by atoms with Crippen LogP contribution in [0.4, 0.5) is 5.82 Å². The molecule has 0 fully saturated rings. The monoisotopic (exact) mass is 306 g/mol. The van der Waals surface area contributed by atoms with Crippen LogP contribution in [-0.2, 0) is 6.42 Å². The van der Waals surface area contributed by atoms with Crippen LogP contribution in [0.2, 0.25) is 0 Å². The number of halogens is 1. The van der Waals surface area contributed by atoms with Gasteiger partial charge in [0.1, 0.15) is 5.82 Å². The molecule has 0 unspecified atom stereocenters. The summed E-state index contributed by atoms with van der Waals surface area (Å²) in [5, 5.41) is 0. The number of aryl methyl sites for hydroxylation is 2. The summed E-state index contributed by atoms with van der Waals surface area (Å²) in [6.45, 7) is 4.06. The fourth-order valence-electron chi connectivity index (χ4n) is 1.64. The van der Waals surface area contributed by atoms with E-state index in [2.05, 4.69) is 37.8 Å². The summed E-state index contributed by atoms with van der Waals surface area (Å²) in [6.07, 6.45) is 3.66. The largest absolute Gasteiger partial charge is 0.383 e. The van der Waals surface area contributed by atoms with E-state index in [9.17, 15) is 0 Å². The van der Waals surface area contributed by atoms with Crippen LogP contribution in [0.25, 0.3) is 11.4 Å². The lowest BCUT2D eigenvalue weighted by atomic mass is 10.2. The number of anilines is 1. The van der Waals surface area contributed by atoms with Crippen LogP contribution in [0.1, 0.15) is 24.7 Å². The van der Waals surface area contributed by atoms with Gasteiger partial charge in [-0.2, -0.15) is 0 Å². The van der Waals surface area contributed by atoms with Crippen molar-refractivity contribution in [3.63, 3.8) is 0 Å². The van der Waals surface area contributed by atoms with Crippen LogP contribution in [0.3, 0.4) is 0 Å². The first-order chi connectivity index (χ1) is 8.61. The molecule has 0 aliphatic carbocycles. The third-order valence-electron chi connectivity index (χ3n) is 2.60. The second kappa shape index (κ2) is 5.44. The zero-order chi connectivity index (χ0) is 13.1. The third-order valence-corrected chi connectivity index (χ3v) is 3.47. The van der Waals surface area contributed by atoms with Gasteiger partial charge in [0.05, 0.1) is 10.2 Å². The van der Waals surface area contributed by atoms with E-state index in [1.165, 1.54) is 0 Å². The molecule has 0 atom stereocenters. The molecule has 2 aromatic rings. The molecule has 0 aliphatic rings. The van der Waals surface area contributed by atoms with Crippen molar-refractivity contribution in [1.29, 1.82) is 0 Å². The Morgan fingerprint density at radius 2 is 2.06 bits per heavy atom. The lowest BCUT2D eigenvalue weighted by Gasteiger charge is -2.08. The summed E-state index contributed by atoms with van der Waals surface area (Å²) in [5.74, 6) is 1.11. The highest BCUT2D eigenvalue weighted by molar-refractivity contribution is 9.10. The van der Waals surface area contributed by atoms with Gasteiger partial charge in [0.25, 0.3) is 0 Å². The average molecular weight is 307 g/mol. The molecule has 4 nitrogen and oxygen atoms in total. The molecule has 0 aliphatic heterocycles. The molecule has 0 bridgehead atoms. The fourth-order valence-corrected chi connectivity index (χ4v) is 2.02. The Bertz CT molecular complexity index is 552. The Hall–Kier alpha value is -1.49. The van der Waals surface area contributed by atoms with Crippen LogP contribution in [0.5, 0.6) is 0 Å².